The molecule has 2 nitrogen and oxygen atoms in total. The number of hydrogen-bond acceptors (Lipinski definition) is 2. The van der Waals surface area contributed by atoms with E-state index in [1.165, 1.54) is 6.07 Å². The Kier molecular flexibility index (Phi) is 3.96. The van der Waals surface area contributed by atoms with Gasteiger partial charge in [0.2, 0.25) is 0 Å². The van der Waals surface area contributed by atoms with Crippen LogP contribution in [0.4, 0.5) is 10.1 Å². The first kappa shape index (κ1) is 13.7. The van der Waals surface area contributed by atoms with Gasteiger partial charge in [-0.2, -0.15) is 0 Å². The number of halogens is 2. The lowest BCUT2D eigenvalue weighted by Crippen LogP contribution is -1.96. The molecule has 2 N–H and O–H groups in total. The molecular formula is C15H15ClFNO. The zero-order valence-electron chi connectivity index (χ0n) is 10.8. The Balaban J connectivity index is 2.33. The van der Waals surface area contributed by atoms with E-state index in [1.54, 1.807) is 25.1 Å². The summed E-state index contributed by atoms with van der Waals surface area (Å²) in [5.41, 5.74) is 7.51. The summed E-state index contributed by atoms with van der Waals surface area (Å²) in [4.78, 5) is 0. The minimum Gasteiger partial charge on any atom is -0.455 e. The van der Waals surface area contributed by atoms with Gasteiger partial charge in [-0.15, -0.1) is 0 Å². The standard InChI is InChI=1S/C15H15ClFNO/c1-3-10-7-11(4-5-12(10)16)19-15-6-9(2)13(17)8-14(15)18/h4-8H,3,18H2,1-2H3. The summed E-state index contributed by atoms with van der Waals surface area (Å²) in [6, 6.07) is 8.26. The van der Waals surface area contributed by atoms with Crippen molar-refractivity contribution in [2.75, 3.05) is 5.73 Å². The molecule has 0 aliphatic carbocycles. The van der Waals surface area contributed by atoms with E-state index < -0.39 is 0 Å². The number of anilines is 1. The molecule has 2 rings (SSSR count). The molecular weight excluding hydrogens is 265 g/mol. The van der Waals surface area contributed by atoms with Gasteiger partial charge in [-0.05, 0) is 48.7 Å². The number of hydrogen-bond donors (Lipinski definition) is 1. The molecule has 100 valence electrons. The van der Waals surface area contributed by atoms with Crippen molar-refractivity contribution in [3.05, 3.63) is 52.3 Å². The first-order chi connectivity index (χ1) is 9.01. The summed E-state index contributed by atoms with van der Waals surface area (Å²) in [7, 11) is 0. The summed E-state index contributed by atoms with van der Waals surface area (Å²) in [5.74, 6) is 0.748. The van der Waals surface area contributed by atoms with Crippen LogP contribution in [-0.2, 0) is 6.42 Å². The molecule has 2 aromatic rings. The molecule has 0 aliphatic heterocycles. The molecule has 0 bridgehead atoms. The van der Waals surface area contributed by atoms with Gasteiger partial charge in [-0.3, -0.25) is 0 Å². The highest BCUT2D eigenvalue weighted by molar-refractivity contribution is 6.31. The third-order valence-corrected chi connectivity index (χ3v) is 3.29. The maximum Gasteiger partial charge on any atom is 0.150 e. The molecule has 0 saturated carbocycles. The van der Waals surface area contributed by atoms with Crippen molar-refractivity contribution in [3.8, 4) is 11.5 Å². The van der Waals surface area contributed by atoms with E-state index in [0.29, 0.717) is 22.1 Å². The van der Waals surface area contributed by atoms with Gasteiger partial charge in [0.25, 0.3) is 0 Å². The summed E-state index contributed by atoms with van der Waals surface area (Å²) >= 11 is 6.05. The van der Waals surface area contributed by atoms with Gasteiger partial charge in [0, 0.05) is 11.1 Å². The van der Waals surface area contributed by atoms with E-state index in [-0.39, 0.29) is 11.5 Å². The van der Waals surface area contributed by atoms with E-state index in [4.69, 9.17) is 22.1 Å². The Morgan fingerprint density at radius 2 is 2.00 bits per heavy atom. The maximum atomic E-state index is 13.3. The van der Waals surface area contributed by atoms with Crippen LogP contribution in [0.3, 0.4) is 0 Å². The van der Waals surface area contributed by atoms with Crippen LogP contribution in [0, 0.1) is 12.7 Å². The highest BCUT2D eigenvalue weighted by atomic mass is 35.5. The van der Waals surface area contributed by atoms with Crippen LogP contribution in [0.15, 0.2) is 30.3 Å². The van der Waals surface area contributed by atoms with Gasteiger partial charge in [0.05, 0.1) is 5.69 Å². The largest absolute Gasteiger partial charge is 0.455 e. The molecule has 0 atom stereocenters. The van der Waals surface area contributed by atoms with E-state index >= 15 is 0 Å². The number of nitrogen functional groups attached to an aromatic ring is 1. The molecule has 4 heteroatoms. The van der Waals surface area contributed by atoms with Crippen molar-refractivity contribution in [2.24, 2.45) is 0 Å². The Morgan fingerprint density at radius 3 is 2.68 bits per heavy atom. The molecule has 0 aromatic heterocycles. The van der Waals surface area contributed by atoms with Crippen LogP contribution in [0.1, 0.15) is 18.1 Å². The average Bonchev–Trinajstić information content (AvgIpc) is 2.38. The number of rotatable bonds is 3. The van der Waals surface area contributed by atoms with Crippen LogP contribution < -0.4 is 10.5 Å². The quantitative estimate of drug-likeness (QED) is 0.825. The number of benzene rings is 2. The lowest BCUT2D eigenvalue weighted by molar-refractivity contribution is 0.481. The van der Waals surface area contributed by atoms with Crippen LogP contribution in [0.5, 0.6) is 11.5 Å². The second kappa shape index (κ2) is 5.49. The molecule has 0 radical (unpaired) electrons. The van der Waals surface area contributed by atoms with Crippen molar-refractivity contribution >= 4 is 17.3 Å². The third kappa shape index (κ3) is 2.99. The smallest absolute Gasteiger partial charge is 0.150 e. The summed E-state index contributed by atoms with van der Waals surface area (Å²) < 4.78 is 19.0. The molecule has 19 heavy (non-hydrogen) atoms. The minimum atomic E-state index is -0.338. The van der Waals surface area contributed by atoms with Crippen LogP contribution in [0.2, 0.25) is 5.02 Å². The van der Waals surface area contributed by atoms with Crippen LogP contribution in [0.25, 0.3) is 0 Å². The van der Waals surface area contributed by atoms with Crippen molar-refractivity contribution < 1.29 is 9.13 Å². The van der Waals surface area contributed by atoms with Crippen LogP contribution in [-0.4, -0.2) is 0 Å². The first-order valence-corrected chi connectivity index (χ1v) is 6.41. The van der Waals surface area contributed by atoms with Crippen LogP contribution >= 0.6 is 11.6 Å². The van der Waals surface area contributed by atoms with E-state index in [9.17, 15) is 4.39 Å². The second-order valence-electron chi connectivity index (χ2n) is 4.35. The molecule has 0 saturated heterocycles. The predicted octanol–water partition coefficient (Wildman–Crippen LogP) is 4.72. The van der Waals surface area contributed by atoms with E-state index in [1.807, 2.05) is 13.0 Å². The highest BCUT2D eigenvalue weighted by Gasteiger charge is 2.08. The first-order valence-electron chi connectivity index (χ1n) is 6.03. The summed E-state index contributed by atoms with van der Waals surface area (Å²) in [5, 5.41) is 0.707. The lowest BCUT2D eigenvalue weighted by atomic mass is 10.1. The van der Waals surface area contributed by atoms with E-state index in [0.717, 1.165) is 12.0 Å². The van der Waals surface area contributed by atoms with Crippen molar-refractivity contribution in [2.45, 2.75) is 20.3 Å². The van der Waals surface area contributed by atoms with E-state index in [2.05, 4.69) is 0 Å². The fourth-order valence-corrected chi connectivity index (χ4v) is 2.02. The van der Waals surface area contributed by atoms with Gasteiger partial charge in [-0.25, -0.2) is 4.39 Å². The van der Waals surface area contributed by atoms with Gasteiger partial charge < -0.3 is 10.5 Å². The Labute approximate surface area is 117 Å². The number of aryl methyl sites for hydroxylation is 2. The number of nitrogens with two attached hydrogens (primary N) is 1. The molecule has 2 aromatic carbocycles. The Morgan fingerprint density at radius 1 is 1.26 bits per heavy atom. The van der Waals surface area contributed by atoms with Gasteiger partial charge in [-0.1, -0.05) is 18.5 Å². The number of ether oxygens (including phenoxy) is 1. The minimum absolute atomic E-state index is 0.274. The SMILES string of the molecule is CCc1cc(Oc2cc(C)c(F)cc2N)ccc1Cl. The predicted molar refractivity (Wildman–Crippen MR) is 76.5 cm³/mol. The normalized spacial score (nSPS) is 10.5. The molecule has 0 amide bonds. The average molecular weight is 280 g/mol. The fourth-order valence-electron chi connectivity index (χ4n) is 1.77. The highest BCUT2D eigenvalue weighted by Crippen LogP contribution is 2.31. The van der Waals surface area contributed by atoms with Crippen molar-refractivity contribution in [1.29, 1.82) is 0 Å². The monoisotopic (exact) mass is 279 g/mol. The zero-order valence-corrected chi connectivity index (χ0v) is 11.6. The molecule has 0 spiro atoms. The van der Waals surface area contributed by atoms with Crippen molar-refractivity contribution in [1.82, 2.24) is 0 Å². The molecule has 0 heterocycles. The second-order valence-corrected chi connectivity index (χ2v) is 4.76. The Bertz CT molecular complexity index is 613. The topological polar surface area (TPSA) is 35.2 Å². The van der Waals surface area contributed by atoms with Gasteiger partial charge >= 0.3 is 0 Å². The fraction of sp³-hybridized carbons (Fsp3) is 0.200. The zero-order chi connectivity index (χ0) is 14.0. The summed E-state index contributed by atoms with van der Waals surface area (Å²) in [6.45, 7) is 3.68. The van der Waals surface area contributed by atoms with Crippen molar-refractivity contribution in [3.63, 3.8) is 0 Å². The third-order valence-electron chi connectivity index (χ3n) is 2.92. The lowest BCUT2D eigenvalue weighted by Gasteiger charge is -2.11. The summed E-state index contributed by atoms with van der Waals surface area (Å²) in [6.07, 6.45) is 0.813. The molecule has 0 unspecified atom stereocenters. The van der Waals surface area contributed by atoms with Gasteiger partial charge in [0.15, 0.2) is 5.75 Å². The van der Waals surface area contributed by atoms with Gasteiger partial charge in [0.1, 0.15) is 11.6 Å². The maximum absolute atomic E-state index is 13.3. The molecule has 0 fully saturated rings. The molecule has 0 aliphatic rings. The Hall–Kier alpha value is -1.74.